The molecule has 1 aliphatic rings. The standard InChI is InChI=1S/C17H14BrClN2O2/c18-12-5-3-11(4-6-12)17(22)21-14(15-16(20)23-15)9-10-1-7-13(19)8-2-10/h1-9,15-16H,20H2,(H,21,22). The van der Waals surface area contributed by atoms with Gasteiger partial charge >= 0.3 is 0 Å². The molecular weight excluding hydrogens is 380 g/mol. The first-order valence-corrected chi connectivity index (χ1v) is 8.15. The fourth-order valence-electron chi connectivity index (χ4n) is 2.11. The minimum absolute atomic E-state index is 0.208. The number of epoxide rings is 1. The van der Waals surface area contributed by atoms with Crippen LogP contribution in [-0.2, 0) is 4.74 Å². The van der Waals surface area contributed by atoms with Crippen LogP contribution in [0.25, 0.3) is 6.08 Å². The molecule has 0 aliphatic carbocycles. The Bertz CT molecular complexity index is 744. The van der Waals surface area contributed by atoms with Crippen molar-refractivity contribution in [3.63, 3.8) is 0 Å². The summed E-state index contributed by atoms with van der Waals surface area (Å²) < 4.78 is 6.21. The van der Waals surface area contributed by atoms with Gasteiger partial charge in [-0.05, 0) is 48.0 Å². The molecule has 2 unspecified atom stereocenters. The quantitative estimate of drug-likeness (QED) is 0.781. The average molecular weight is 394 g/mol. The predicted molar refractivity (Wildman–Crippen MR) is 93.9 cm³/mol. The third-order valence-electron chi connectivity index (χ3n) is 3.39. The van der Waals surface area contributed by atoms with Gasteiger partial charge in [0.1, 0.15) is 12.3 Å². The van der Waals surface area contributed by atoms with Crippen molar-refractivity contribution in [1.82, 2.24) is 5.32 Å². The molecule has 0 saturated carbocycles. The van der Waals surface area contributed by atoms with Gasteiger partial charge < -0.3 is 15.8 Å². The fraction of sp³-hybridized carbons (Fsp3) is 0.118. The van der Waals surface area contributed by atoms with Crippen molar-refractivity contribution >= 4 is 39.5 Å². The van der Waals surface area contributed by atoms with E-state index in [1.54, 1.807) is 24.3 Å². The molecule has 0 spiro atoms. The highest BCUT2D eigenvalue weighted by Crippen LogP contribution is 2.26. The van der Waals surface area contributed by atoms with Gasteiger partial charge in [-0.3, -0.25) is 4.79 Å². The van der Waals surface area contributed by atoms with E-state index >= 15 is 0 Å². The molecule has 23 heavy (non-hydrogen) atoms. The Kier molecular flexibility index (Phi) is 4.82. The predicted octanol–water partition coefficient (Wildman–Crippen LogP) is 3.56. The van der Waals surface area contributed by atoms with Crippen LogP contribution in [0, 0.1) is 0 Å². The van der Waals surface area contributed by atoms with Crippen LogP contribution in [0.5, 0.6) is 0 Å². The van der Waals surface area contributed by atoms with E-state index in [1.165, 1.54) is 0 Å². The number of hydrogen-bond acceptors (Lipinski definition) is 3. The van der Waals surface area contributed by atoms with Gasteiger partial charge in [0.2, 0.25) is 0 Å². The second-order valence-electron chi connectivity index (χ2n) is 5.13. The Balaban J connectivity index is 1.81. The minimum atomic E-state index is -0.390. The van der Waals surface area contributed by atoms with E-state index in [1.807, 2.05) is 30.3 Å². The lowest BCUT2D eigenvalue weighted by Gasteiger charge is -2.08. The molecule has 3 N–H and O–H groups in total. The topological polar surface area (TPSA) is 67.7 Å². The number of ether oxygens (including phenoxy) is 1. The summed E-state index contributed by atoms with van der Waals surface area (Å²) in [6.45, 7) is 0. The van der Waals surface area contributed by atoms with Gasteiger partial charge in [-0.15, -0.1) is 0 Å². The van der Waals surface area contributed by atoms with Gasteiger partial charge in [0, 0.05) is 15.1 Å². The maximum Gasteiger partial charge on any atom is 0.255 e. The number of hydrogen-bond donors (Lipinski definition) is 2. The van der Waals surface area contributed by atoms with Crippen LogP contribution in [0.4, 0.5) is 0 Å². The van der Waals surface area contributed by atoms with Crippen LogP contribution in [0.15, 0.2) is 58.7 Å². The third-order valence-corrected chi connectivity index (χ3v) is 4.17. The molecule has 2 atom stereocenters. The molecule has 2 aromatic rings. The Morgan fingerprint density at radius 3 is 2.35 bits per heavy atom. The summed E-state index contributed by atoms with van der Waals surface area (Å²) >= 11 is 9.23. The average Bonchev–Trinajstić information content (AvgIpc) is 3.26. The molecule has 1 saturated heterocycles. The summed E-state index contributed by atoms with van der Waals surface area (Å²) in [6, 6.07) is 14.4. The van der Waals surface area contributed by atoms with Gasteiger partial charge in [0.05, 0.1) is 5.70 Å². The maximum atomic E-state index is 12.4. The molecule has 4 nitrogen and oxygen atoms in total. The normalized spacial score (nSPS) is 20.2. The van der Waals surface area contributed by atoms with E-state index in [-0.39, 0.29) is 12.0 Å². The van der Waals surface area contributed by atoms with Crippen LogP contribution in [0.2, 0.25) is 5.02 Å². The highest BCUT2D eigenvalue weighted by Gasteiger charge is 2.39. The number of carbonyl (C=O) groups excluding carboxylic acids is 1. The molecule has 1 heterocycles. The second-order valence-corrected chi connectivity index (χ2v) is 6.49. The van der Waals surface area contributed by atoms with E-state index in [4.69, 9.17) is 22.1 Å². The highest BCUT2D eigenvalue weighted by molar-refractivity contribution is 9.10. The van der Waals surface area contributed by atoms with Crippen LogP contribution in [0.1, 0.15) is 15.9 Å². The molecule has 3 rings (SSSR count). The van der Waals surface area contributed by atoms with Gasteiger partial charge in [0.15, 0.2) is 0 Å². The van der Waals surface area contributed by atoms with Crippen LogP contribution < -0.4 is 11.1 Å². The molecule has 0 aromatic heterocycles. The van der Waals surface area contributed by atoms with Crippen LogP contribution in [-0.4, -0.2) is 18.2 Å². The fourth-order valence-corrected chi connectivity index (χ4v) is 2.50. The molecule has 6 heteroatoms. The number of amides is 1. The first-order chi connectivity index (χ1) is 11.0. The molecule has 0 radical (unpaired) electrons. The zero-order valence-electron chi connectivity index (χ0n) is 12.0. The van der Waals surface area contributed by atoms with Gasteiger partial charge in [-0.25, -0.2) is 0 Å². The molecule has 1 fully saturated rings. The highest BCUT2D eigenvalue weighted by atomic mass is 79.9. The first-order valence-electron chi connectivity index (χ1n) is 6.98. The van der Waals surface area contributed by atoms with Gasteiger partial charge in [-0.1, -0.05) is 39.7 Å². The number of halogens is 2. The molecule has 118 valence electrons. The SMILES string of the molecule is NC1OC1C(=Cc1ccc(Cl)cc1)NC(=O)c1ccc(Br)cc1. The first kappa shape index (κ1) is 16.2. The third kappa shape index (κ3) is 4.20. The van der Waals surface area contributed by atoms with Crippen molar-refractivity contribution < 1.29 is 9.53 Å². The lowest BCUT2D eigenvalue weighted by molar-refractivity contribution is 0.0963. The van der Waals surface area contributed by atoms with Gasteiger partial charge in [0.25, 0.3) is 5.91 Å². The van der Waals surface area contributed by atoms with E-state index in [2.05, 4.69) is 21.2 Å². The number of benzene rings is 2. The Hall–Kier alpha value is -1.66. The zero-order valence-corrected chi connectivity index (χ0v) is 14.3. The van der Waals surface area contributed by atoms with Crippen molar-refractivity contribution in [2.24, 2.45) is 5.73 Å². The summed E-state index contributed by atoms with van der Waals surface area (Å²) in [5.74, 6) is -0.208. The van der Waals surface area contributed by atoms with Crippen LogP contribution >= 0.6 is 27.5 Å². The van der Waals surface area contributed by atoms with Crippen molar-refractivity contribution in [3.05, 3.63) is 74.9 Å². The molecule has 2 aromatic carbocycles. The van der Waals surface area contributed by atoms with Crippen molar-refractivity contribution in [2.75, 3.05) is 0 Å². The van der Waals surface area contributed by atoms with Crippen LogP contribution in [0.3, 0.4) is 0 Å². The van der Waals surface area contributed by atoms with Crippen molar-refractivity contribution in [1.29, 1.82) is 0 Å². The van der Waals surface area contributed by atoms with E-state index in [0.29, 0.717) is 16.3 Å². The number of nitrogens with one attached hydrogen (secondary N) is 1. The monoisotopic (exact) mass is 392 g/mol. The summed E-state index contributed by atoms with van der Waals surface area (Å²) in [4.78, 5) is 12.4. The molecule has 1 aliphatic heterocycles. The van der Waals surface area contributed by atoms with E-state index < -0.39 is 6.23 Å². The number of carbonyl (C=O) groups is 1. The smallest absolute Gasteiger partial charge is 0.255 e. The lowest BCUT2D eigenvalue weighted by atomic mass is 10.1. The van der Waals surface area contributed by atoms with E-state index in [0.717, 1.165) is 10.0 Å². The van der Waals surface area contributed by atoms with E-state index in [9.17, 15) is 4.79 Å². The molecule has 1 amide bonds. The summed E-state index contributed by atoms with van der Waals surface area (Å²) in [5, 5.41) is 3.53. The Labute approximate surface area is 147 Å². The van der Waals surface area contributed by atoms with Gasteiger partial charge in [-0.2, -0.15) is 0 Å². The molecule has 0 bridgehead atoms. The largest absolute Gasteiger partial charge is 0.347 e. The Morgan fingerprint density at radius 1 is 1.17 bits per heavy atom. The summed E-state index contributed by atoms with van der Waals surface area (Å²) in [5.41, 5.74) is 7.84. The second kappa shape index (κ2) is 6.84. The number of nitrogens with two attached hydrogens (primary N) is 1. The number of rotatable bonds is 4. The summed E-state index contributed by atoms with van der Waals surface area (Å²) in [6.07, 6.45) is 1.15. The lowest BCUT2D eigenvalue weighted by Crippen LogP contribution is -2.27. The van der Waals surface area contributed by atoms with Crippen molar-refractivity contribution in [3.8, 4) is 0 Å². The van der Waals surface area contributed by atoms with Crippen molar-refractivity contribution in [2.45, 2.75) is 12.3 Å². The summed E-state index contributed by atoms with van der Waals surface area (Å²) in [7, 11) is 0. The minimum Gasteiger partial charge on any atom is -0.347 e. The molecular formula is C17H14BrClN2O2. The maximum absolute atomic E-state index is 12.4. The Morgan fingerprint density at radius 2 is 1.78 bits per heavy atom. The zero-order chi connectivity index (χ0) is 16.4.